The van der Waals surface area contributed by atoms with Crippen LogP contribution < -0.4 is 5.32 Å². The third kappa shape index (κ3) is 7.80. The first kappa shape index (κ1) is 14.9. The van der Waals surface area contributed by atoms with Gasteiger partial charge in [-0.3, -0.25) is 0 Å². The van der Waals surface area contributed by atoms with Gasteiger partial charge in [0.25, 0.3) is 0 Å². The lowest BCUT2D eigenvalue weighted by Gasteiger charge is -2.26. The zero-order valence-electron chi connectivity index (χ0n) is 11.5. The molecule has 0 heterocycles. The second kappa shape index (κ2) is 8.12. The molecule has 0 aromatic rings. The molecule has 0 aromatic heterocycles. The highest BCUT2D eigenvalue weighted by atomic mass is 15.1. The van der Waals surface area contributed by atoms with E-state index in [9.17, 15) is 0 Å². The Morgan fingerprint density at radius 3 is 2.07 bits per heavy atom. The lowest BCUT2D eigenvalue weighted by molar-refractivity contribution is 0.244. The SMILES string of the molecule is CCC(C)CNCC(CC(C)C)N(C)C. The fourth-order valence-electron chi connectivity index (χ4n) is 1.66. The summed E-state index contributed by atoms with van der Waals surface area (Å²) in [7, 11) is 4.36. The predicted octanol–water partition coefficient (Wildman–Crippen LogP) is 2.60. The Kier molecular flexibility index (Phi) is 8.07. The minimum absolute atomic E-state index is 0.675. The molecule has 1 N–H and O–H groups in total. The van der Waals surface area contributed by atoms with Crippen molar-refractivity contribution in [1.82, 2.24) is 10.2 Å². The van der Waals surface area contributed by atoms with Crippen molar-refractivity contribution in [3.05, 3.63) is 0 Å². The van der Waals surface area contributed by atoms with Crippen LogP contribution in [0.2, 0.25) is 0 Å². The summed E-state index contributed by atoms with van der Waals surface area (Å²) in [6.07, 6.45) is 2.55. The first-order chi connectivity index (χ1) is 6.97. The zero-order valence-corrected chi connectivity index (χ0v) is 11.5. The molecule has 0 spiro atoms. The molecule has 2 atom stereocenters. The number of hydrogen-bond acceptors (Lipinski definition) is 2. The molecule has 0 bridgehead atoms. The van der Waals surface area contributed by atoms with E-state index in [1.54, 1.807) is 0 Å². The van der Waals surface area contributed by atoms with Crippen LogP contribution in [0.3, 0.4) is 0 Å². The molecular formula is C13H30N2. The third-order valence-corrected chi connectivity index (χ3v) is 3.04. The molecule has 0 amide bonds. The standard InChI is InChI=1S/C13H30N2/c1-7-12(4)9-14-10-13(15(5)6)8-11(2)3/h11-14H,7-10H2,1-6H3. The number of hydrogen-bond donors (Lipinski definition) is 1. The van der Waals surface area contributed by atoms with Gasteiger partial charge in [-0.15, -0.1) is 0 Å². The molecule has 0 fully saturated rings. The highest BCUT2D eigenvalue weighted by Crippen LogP contribution is 2.08. The number of likely N-dealkylation sites (N-methyl/N-ethyl adjacent to an activating group) is 1. The van der Waals surface area contributed by atoms with Gasteiger partial charge >= 0.3 is 0 Å². The van der Waals surface area contributed by atoms with Gasteiger partial charge in [0.05, 0.1) is 0 Å². The maximum absolute atomic E-state index is 3.58. The van der Waals surface area contributed by atoms with Crippen molar-refractivity contribution in [2.75, 3.05) is 27.2 Å². The van der Waals surface area contributed by atoms with Crippen LogP contribution in [0.25, 0.3) is 0 Å². The van der Waals surface area contributed by atoms with Crippen molar-refractivity contribution in [1.29, 1.82) is 0 Å². The van der Waals surface area contributed by atoms with E-state index < -0.39 is 0 Å². The molecule has 0 aliphatic heterocycles. The van der Waals surface area contributed by atoms with Crippen LogP contribution in [0, 0.1) is 11.8 Å². The maximum atomic E-state index is 3.58. The highest BCUT2D eigenvalue weighted by Gasteiger charge is 2.12. The second-order valence-electron chi connectivity index (χ2n) is 5.42. The second-order valence-corrected chi connectivity index (χ2v) is 5.42. The van der Waals surface area contributed by atoms with Crippen molar-refractivity contribution in [2.45, 2.75) is 46.6 Å². The van der Waals surface area contributed by atoms with Gasteiger partial charge in [0.1, 0.15) is 0 Å². The van der Waals surface area contributed by atoms with E-state index in [2.05, 4.69) is 52.0 Å². The molecule has 2 heteroatoms. The minimum atomic E-state index is 0.675. The van der Waals surface area contributed by atoms with Crippen LogP contribution in [0.15, 0.2) is 0 Å². The Morgan fingerprint density at radius 1 is 1.07 bits per heavy atom. The molecule has 0 saturated carbocycles. The summed E-state index contributed by atoms with van der Waals surface area (Å²) in [5.41, 5.74) is 0. The Morgan fingerprint density at radius 2 is 1.67 bits per heavy atom. The van der Waals surface area contributed by atoms with Crippen LogP contribution in [0.5, 0.6) is 0 Å². The van der Waals surface area contributed by atoms with E-state index in [0.29, 0.717) is 6.04 Å². The van der Waals surface area contributed by atoms with Gasteiger partial charge in [0.2, 0.25) is 0 Å². The van der Waals surface area contributed by atoms with Crippen molar-refractivity contribution >= 4 is 0 Å². The molecule has 2 unspecified atom stereocenters. The number of rotatable bonds is 8. The molecular weight excluding hydrogens is 184 g/mol. The fraction of sp³-hybridized carbons (Fsp3) is 1.00. The fourth-order valence-corrected chi connectivity index (χ4v) is 1.66. The van der Waals surface area contributed by atoms with E-state index >= 15 is 0 Å². The Balaban J connectivity index is 3.76. The molecule has 0 aromatic carbocycles. The summed E-state index contributed by atoms with van der Waals surface area (Å²) in [6, 6.07) is 0.675. The topological polar surface area (TPSA) is 15.3 Å². The van der Waals surface area contributed by atoms with Gasteiger partial charge in [-0.1, -0.05) is 34.1 Å². The van der Waals surface area contributed by atoms with Crippen molar-refractivity contribution in [3.63, 3.8) is 0 Å². The summed E-state index contributed by atoms with van der Waals surface area (Å²) in [5, 5.41) is 3.58. The molecule has 0 radical (unpaired) electrons. The lowest BCUT2D eigenvalue weighted by Crippen LogP contribution is -2.40. The molecule has 15 heavy (non-hydrogen) atoms. The first-order valence-electron chi connectivity index (χ1n) is 6.34. The van der Waals surface area contributed by atoms with Gasteiger partial charge in [-0.2, -0.15) is 0 Å². The summed E-state index contributed by atoms with van der Waals surface area (Å²) < 4.78 is 0. The van der Waals surface area contributed by atoms with Crippen molar-refractivity contribution < 1.29 is 0 Å². The monoisotopic (exact) mass is 214 g/mol. The number of nitrogens with zero attached hydrogens (tertiary/aromatic N) is 1. The maximum Gasteiger partial charge on any atom is 0.0216 e. The van der Waals surface area contributed by atoms with Crippen LogP contribution >= 0.6 is 0 Å². The lowest BCUT2D eigenvalue weighted by atomic mass is 10.0. The zero-order chi connectivity index (χ0) is 11.8. The Bertz CT molecular complexity index is 143. The van der Waals surface area contributed by atoms with Gasteiger partial charge in [-0.25, -0.2) is 0 Å². The quantitative estimate of drug-likeness (QED) is 0.668. The van der Waals surface area contributed by atoms with Crippen molar-refractivity contribution in [2.24, 2.45) is 11.8 Å². The van der Waals surface area contributed by atoms with Crippen molar-refractivity contribution in [3.8, 4) is 0 Å². The van der Waals surface area contributed by atoms with Gasteiger partial charge in [0.15, 0.2) is 0 Å². The minimum Gasteiger partial charge on any atom is -0.315 e. The van der Waals surface area contributed by atoms with E-state index in [4.69, 9.17) is 0 Å². The van der Waals surface area contributed by atoms with Gasteiger partial charge in [-0.05, 0) is 38.9 Å². The van der Waals surface area contributed by atoms with Crippen LogP contribution in [-0.4, -0.2) is 38.1 Å². The predicted molar refractivity (Wildman–Crippen MR) is 69.3 cm³/mol. The van der Waals surface area contributed by atoms with Crippen LogP contribution in [-0.2, 0) is 0 Å². The average molecular weight is 214 g/mol. The molecule has 0 rings (SSSR count). The Labute approximate surface area is 96.4 Å². The van der Waals surface area contributed by atoms with Crippen LogP contribution in [0.4, 0.5) is 0 Å². The summed E-state index contributed by atoms with van der Waals surface area (Å²) in [5.74, 6) is 1.58. The molecule has 0 aliphatic rings. The highest BCUT2D eigenvalue weighted by molar-refractivity contribution is 4.71. The van der Waals surface area contributed by atoms with Gasteiger partial charge < -0.3 is 10.2 Å². The first-order valence-corrected chi connectivity index (χ1v) is 6.34. The van der Waals surface area contributed by atoms with E-state index in [-0.39, 0.29) is 0 Å². The Hall–Kier alpha value is -0.0800. The smallest absolute Gasteiger partial charge is 0.0216 e. The largest absolute Gasteiger partial charge is 0.315 e. The summed E-state index contributed by atoms with van der Waals surface area (Å²) >= 11 is 0. The molecule has 0 aliphatic carbocycles. The number of nitrogens with one attached hydrogen (secondary N) is 1. The normalized spacial score (nSPS) is 16.0. The molecule has 0 saturated heterocycles. The summed E-state index contributed by atoms with van der Waals surface area (Å²) in [4.78, 5) is 2.34. The third-order valence-electron chi connectivity index (χ3n) is 3.04. The van der Waals surface area contributed by atoms with E-state index in [1.165, 1.54) is 12.8 Å². The van der Waals surface area contributed by atoms with E-state index in [0.717, 1.165) is 24.9 Å². The summed E-state index contributed by atoms with van der Waals surface area (Å²) in [6.45, 7) is 11.4. The van der Waals surface area contributed by atoms with E-state index in [1.807, 2.05) is 0 Å². The van der Waals surface area contributed by atoms with Gasteiger partial charge in [0, 0.05) is 12.6 Å². The van der Waals surface area contributed by atoms with Crippen LogP contribution in [0.1, 0.15) is 40.5 Å². The average Bonchev–Trinajstić information content (AvgIpc) is 2.15. The molecule has 92 valence electrons. The molecule has 2 nitrogen and oxygen atoms in total.